The zero-order valence-electron chi connectivity index (χ0n) is 11.9. The van der Waals surface area contributed by atoms with Crippen LogP contribution in [0.25, 0.3) is 0 Å². The number of amides is 2. The van der Waals surface area contributed by atoms with Crippen LogP contribution in [0.5, 0.6) is 5.75 Å². The maximum atomic E-state index is 12.0. The Morgan fingerprint density at radius 3 is 2.95 bits per heavy atom. The van der Waals surface area contributed by atoms with E-state index < -0.39 is 0 Å². The summed E-state index contributed by atoms with van der Waals surface area (Å²) in [7, 11) is 0. The van der Waals surface area contributed by atoms with Gasteiger partial charge in [0.2, 0.25) is 11.8 Å². The van der Waals surface area contributed by atoms with E-state index in [0.717, 1.165) is 17.9 Å². The van der Waals surface area contributed by atoms with E-state index in [1.165, 1.54) is 0 Å². The molecule has 108 valence electrons. The number of benzene rings is 1. The third-order valence-corrected chi connectivity index (χ3v) is 3.34. The van der Waals surface area contributed by atoms with Gasteiger partial charge in [0.05, 0.1) is 12.6 Å². The van der Waals surface area contributed by atoms with Crippen LogP contribution in [0.4, 0.5) is 5.69 Å². The van der Waals surface area contributed by atoms with Gasteiger partial charge in [-0.05, 0) is 25.5 Å². The van der Waals surface area contributed by atoms with Gasteiger partial charge in [0.25, 0.3) is 0 Å². The third kappa shape index (κ3) is 3.50. The number of nitrogens with one attached hydrogen (secondary N) is 1. The smallest absolute Gasteiger partial charge is 0.246 e. The quantitative estimate of drug-likeness (QED) is 0.911. The minimum atomic E-state index is -0.100. The predicted molar refractivity (Wildman–Crippen MR) is 76.8 cm³/mol. The minimum Gasteiger partial charge on any atom is -0.491 e. The molecule has 5 nitrogen and oxygen atoms in total. The maximum absolute atomic E-state index is 12.0. The predicted octanol–water partition coefficient (Wildman–Crippen LogP) is 1.72. The Labute approximate surface area is 118 Å². The van der Waals surface area contributed by atoms with Crippen molar-refractivity contribution < 1.29 is 14.3 Å². The second-order valence-electron chi connectivity index (χ2n) is 4.91. The summed E-state index contributed by atoms with van der Waals surface area (Å²) in [5.74, 6) is 0.553. The standard InChI is InChI=1S/C15H20N2O3/c1-3-11(2)20-13-6-4-5-12(9-13)17-8-7-14(18)16-10-15(17)19/h4-6,9,11H,3,7-8,10H2,1-2H3,(H,16,18). The highest BCUT2D eigenvalue weighted by Crippen LogP contribution is 2.23. The van der Waals surface area contributed by atoms with Crippen molar-refractivity contribution in [1.82, 2.24) is 5.32 Å². The van der Waals surface area contributed by atoms with Crippen molar-refractivity contribution in [1.29, 1.82) is 0 Å². The summed E-state index contributed by atoms with van der Waals surface area (Å²) >= 11 is 0. The molecule has 0 bridgehead atoms. The summed E-state index contributed by atoms with van der Waals surface area (Å²) in [5, 5.41) is 2.59. The largest absolute Gasteiger partial charge is 0.491 e. The Morgan fingerprint density at radius 1 is 1.40 bits per heavy atom. The first-order valence-electron chi connectivity index (χ1n) is 6.94. The lowest BCUT2D eigenvalue weighted by atomic mass is 10.2. The molecule has 1 aliphatic heterocycles. The van der Waals surface area contributed by atoms with Crippen LogP contribution >= 0.6 is 0 Å². The van der Waals surface area contributed by atoms with E-state index in [2.05, 4.69) is 12.2 Å². The van der Waals surface area contributed by atoms with E-state index in [1.54, 1.807) is 4.90 Å². The number of hydrogen-bond acceptors (Lipinski definition) is 3. The molecule has 0 aliphatic carbocycles. The highest BCUT2D eigenvalue weighted by atomic mass is 16.5. The van der Waals surface area contributed by atoms with Gasteiger partial charge in [-0.1, -0.05) is 13.0 Å². The molecule has 1 saturated heterocycles. The van der Waals surface area contributed by atoms with Crippen molar-refractivity contribution in [3.05, 3.63) is 24.3 Å². The Bertz CT molecular complexity index is 502. The van der Waals surface area contributed by atoms with Crippen LogP contribution in [0.2, 0.25) is 0 Å². The molecule has 0 spiro atoms. The molecule has 1 fully saturated rings. The van der Waals surface area contributed by atoms with Crippen molar-refractivity contribution in [2.45, 2.75) is 32.8 Å². The first kappa shape index (κ1) is 14.4. The molecule has 1 aromatic rings. The lowest BCUT2D eigenvalue weighted by molar-refractivity contribution is -0.123. The van der Waals surface area contributed by atoms with E-state index in [0.29, 0.717) is 13.0 Å². The van der Waals surface area contributed by atoms with Gasteiger partial charge < -0.3 is 15.0 Å². The van der Waals surface area contributed by atoms with Crippen LogP contribution in [0.15, 0.2) is 24.3 Å². The summed E-state index contributed by atoms with van der Waals surface area (Å²) in [6.45, 7) is 4.52. The van der Waals surface area contributed by atoms with Gasteiger partial charge in [-0.25, -0.2) is 0 Å². The Kier molecular flexibility index (Phi) is 4.61. The summed E-state index contributed by atoms with van der Waals surface area (Å²) in [6.07, 6.45) is 1.38. The number of hydrogen-bond donors (Lipinski definition) is 1. The van der Waals surface area contributed by atoms with Crippen LogP contribution in [0, 0.1) is 0 Å². The Morgan fingerprint density at radius 2 is 2.20 bits per heavy atom. The van der Waals surface area contributed by atoms with E-state index in [-0.39, 0.29) is 24.5 Å². The second-order valence-corrected chi connectivity index (χ2v) is 4.91. The van der Waals surface area contributed by atoms with E-state index in [1.807, 2.05) is 31.2 Å². The first-order valence-corrected chi connectivity index (χ1v) is 6.94. The summed E-state index contributed by atoms with van der Waals surface area (Å²) in [5.41, 5.74) is 0.771. The molecule has 2 rings (SSSR count). The normalized spacial score (nSPS) is 17.4. The van der Waals surface area contributed by atoms with E-state index >= 15 is 0 Å². The average molecular weight is 276 g/mol. The zero-order valence-corrected chi connectivity index (χ0v) is 11.9. The molecular weight excluding hydrogens is 256 g/mol. The maximum Gasteiger partial charge on any atom is 0.246 e. The number of rotatable bonds is 4. The molecule has 1 atom stereocenters. The van der Waals surface area contributed by atoms with Gasteiger partial charge >= 0.3 is 0 Å². The van der Waals surface area contributed by atoms with Crippen LogP contribution in [-0.4, -0.2) is 31.0 Å². The minimum absolute atomic E-state index is 0.0509. The van der Waals surface area contributed by atoms with E-state index in [9.17, 15) is 9.59 Å². The fourth-order valence-electron chi connectivity index (χ4n) is 2.01. The molecule has 0 aromatic heterocycles. The Hall–Kier alpha value is -2.04. The molecule has 1 heterocycles. The molecule has 2 amide bonds. The monoisotopic (exact) mass is 276 g/mol. The lowest BCUT2D eigenvalue weighted by Crippen LogP contribution is -2.35. The molecule has 1 unspecified atom stereocenters. The molecule has 1 aliphatic rings. The van der Waals surface area contributed by atoms with Gasteiger partial charge in [-0.15, -0.1) is 0 Å². The number of carbonyl (C=O) groups is 2. The van der Waals surface area contributed by atoms with Gasteiger partial charge in [0, 0.05) is 24.7 Å². The molecule has 1 aromatic carbocycles. The van der Waals surface area contributed by atoms with Crippen LogP contribution < -0.4 is 15.0 Å². The van der Waals surface area contributed by atoms with Crippen LogP contribution in [0.1, 0.15) is 26.7 Å². The van der Waals surface area contributed by atoms with Gasteiger partial charge in [-0.2, -0.15) is 0 Å². The van der Waals surface area contributed by atoms with Gasteiger partial charge in [0.15, 0.2) is 0 Å². The van der Waals surface area contributed by atoms with Gasteiger partial charge in [-0.3, -0.25) is 9.59 Å². The highest BCUT2D eigenvalue weighted by Gasteiger charge is 2.21. The van der Waals surface area contributed by atoms with Crippen molar-refractivity contribution in [2.75, 3.05) is 18.0 Å². The Balaban J connectivity index is 2.16. The molecular formula is C15H20N2O3. The highest BCUT2D eigenvalue weighted by molar-refractivity contribution is 5.98. The van der Waals surface area contributed by atoms with E-state index in [4.69, 9.17) is 4.74 Å². The number of ether oxygens (including phenoxy) is 1. The number of anilines is 1. The first-order chi connectivity index (χ1) is 9.60. The van der Waals surface area contributed by atoms with Crippen LogP contribution in [-0.2, 0) is 9.59 Å². The van der Waals surface area contributed by atoms with Crippen molar-refractivity contribution in [3.63, 3.8) is 0 Å². The topological polar surface area (TPSA) is 58.6 Å². The molecule has 20 heavy (non-hydrogen) atoms. The fourth-order valence-corrected chi connectivity index (χ4v) is 2.01. The number of carbonyl (C=O) groups excluding carboxylic acids is 2. The van der Waals surface area contributed by atoms with Crippen molar-refractivity contribution in [3.8, 4) is 5.75 Å². The zero-order chi connectivity index (χ0) is 14.5. The summed E-state index contributed by atoms with van der Waals surface area (Å²) < 4.78 is 5.76. The fraction of sp³-hybridized carbons (Fsp3) is 0.467. The van der Waals surface area contributed by atoms with Crippen molar-refractivity contribution in [2.24, 2.45) is 0 Å². The molecule has 0 saturated carbocycles. The molecule has 1 N–H and O–H groups in total. The SMILES string of the molecule is CCC(C)Oc1cccc(N2CCC(=O)NCC2=O)c1. The third-order valence-electron chi connectivity index (χ3n) is 3.34. The average Bonchev–Trinajstić information content (AvgIpc) is 2.61. The number of nitrogens with zero attached hydrogens (tertiary/aromatic N) is 1. The van der Waals surface area contributed by atoms with Gasteiger partial charge in [0.1, 0.15) is 5.75 Å². The molecule has 0 radical (unpaired) electrons. The second kappa shape index (κ2) is 6.41. The summed E-state index contributed by atoms with van der Waals surface area (Å²) in [4.78, 5) is 25.0. The van der Waals surface area contributed by atoms with Crippen LogP contribution in [0.3, 0.4) is 0 Å². The lowest BCUT2D eigenvalue weighted by Gasteiger charge is -2.21. The summed E-state index contributed by atoms with van der Waals surface area (Å²) in [6, 6.07) is 7.44. The molecule has 5 heteroatoms. The van der Waals surface area contributed by atoms with Crippen molar-refractivity contribution >= 4 is 17.5 Å².